The van der Waals surface area contributed by atoms with Crippen LogP contribution in [0.3, 0.4) is 0 Å². The van der Waals surface area contributed by atoms with Gasteiger partial charge in [-0.15, -0.1) is 0 Å². The van der Waals surface area contributed by atoms with Crippen LogP contribution in [0.25, 0.3) is 0 Å². The maximum absolute atomic E-state index is 5.49. The Morgan fingerprint density at radius 1 is 1.60 bits per heavy atom. The van der Waals surface area contributed by atoms with Gasteiger partial charge in [-0.2, -0.15) is 0 Å². The quantitative estimate of drug-likeness (QED) is 0.533. The number of rotatable bonds is 1. The zero-order valence-electron chi connectivity index (χ0n) is 5.54. The highest BCUT2D eigenvalue weighted by Crippen LogP contribution is 2.08. The van der Waals surface area contributed by atoms with E-state index in [1.807, 2.05) is 6.07 Å². The van der Waals surface area contributed by atoms with Crippen molar-refractivity contribution < 1.29 is 9.41 Å². The lowest BCUT2D eigenvalue weighted by Crippen LogP contribution is -2.45. The van der Waals surface area contributed by atoms with Gasteiger partial charge in [-0.1, -0.05) is 4.68 Å². The largest absolute Gasteiger partial charge is 0.446 e. The zero-order valence-corrected chi connectivity index (χ0v) is 7.13. The summed E-state index contributed by atoms with van der Waals surface area (Å²) in [7, 11) is 1.58. The van der Waals surface area contributed by atoms with Gasteiger partial charge in [-0.3, -0.25) is 0 Å². The lowest BCUT2D eigenvalue weighted by atomic mass is 10.5. The fourth-order valence-corrected chi connectivity index (χ4v) is 1.00. The third-order valence-corrected chi connectivity index (χ3v) is 1.58. The van der Waals surface area contributed by atoms with Gasteiger partial charge in [0, 0.05) is 0 Å². The molecule has 0 saturated carbocycles. The van der Waals surface area contributed by atoms with Crippen LogP contribution in [0.4, 0.5) is 0 Å². The van der Waals surface area contributed by atoms with Crippen LogP contribution in [0.5, 0.6) is 5.88 Å². The van der Waals surface area contributed by atoms with E-state index >= 15 is 0 Å². The summed E-state index contributed by atoms with van der Waals surface area (Å²) in [6.07, 6.45) is 1.72. The first-order chi connectivity index (χ1) is 4.74. The minimum absolute atomic E-state index is 0.628. The highest BCUT2D eigenvalue weighted by atomic mass is 79.9. The lowest BCUT2D eigenvalue weighted by Gasteiger charge is -1.94. The average Bonchev–Trinajstić information content (AvgIpc) is 1.88. The van der Waals surface area contributed by atoms with Crippen LogP contribution in [-0.4, -0.2) is 7.11 Å². The van der Waals surface area contributed by atoms with E-state index in [2.05, 4.69) is 15.9 Å². The van der Waals surface area contributed by atoms with Crippen molar-refractivity contribution in [3.05, 3.63) is 22.8 Å². The zero-order chi connectivity index (χ0) is 7.56. The molecule has 0 bridgehead atoms. The fraction of sp³-hybridized carbons (Fsp3) is 0.167. The molecule has 0 atom stereocenters. The number of aromatic nitrogens is 1. The number of ether oxygens (including phenoxy) is 1. The Kier molecular flexibility index (Phi) is 2.11. The Labute approximate surface area is 67.5 Å². The molecule has 0 aliphatic rings. The third kappa shape index (κ3) is 1.39. The second-order valence-electron chi connectivity index (χ2n) is 1.80. The van der Waals surface area contributed by atoms with Crippen molar-refractivity contribution in [3.63, 3.8) is 0 Å². The van der Waals surface area contributed by atoms with E-state index in [1.165, 1.54) is 4.68 Å². The smallest absolute Gasteiger partial charge is 0.396 e. The first kappa shape index (κ1) is 7.34. The van der Waals surface area contributed by atoms with Crippen molar-refractivity contribution in [2.24, 2.45) is 0 Å². The van der Waals surface area contributed by atoms with Crippen molar-refractivity contribution in [2.75, 3.05) is 13.0 Å². The fourth-order valence-electron chi connectivity index (χ4n) is 0.650. The SMILES string of the molecule is COc1ccc(Br)c[n+]1N. The van der Waals surface area contributed by atoms with Gasteiger partial charge in [0.05, 0.1) is 17.6 Å². The maximum Gasteiger partial charge on any atom is 0.396 e. The van der Waals surface area contributed by atoms with E-state index in [4.69, 9.17) is 10.6 Å². The van der Waals surface area contributed by atoms with Crippen LogP contribution in [0.1, 0.15) is 0 Å². The molecule has 54 valence electrons. The molecule has 0 amide bonds. The van der Waals surface area contributed by atoms with E-state index in [0.29, 0.717) is 5.88 Å². The average molecular weight is 204 g/mol. The number of hydrogen-bond acceptors (Lipinski definition) is 2. The molecule has 4 heteroatoms. The van der Waals surface area contributed by atoms with Crippen LogP contribution in [0, 0.1) is 0 Å². The van der Waals surface area contributed by atoms with Crippen LogP contribution in [-0.2, 0) is 0 Å². The second-order valence-corrected chi connectivity index (χ2v) is 2.71. The second kappa shape index (κ2) is 2.88. The summed E-state index contributed by atoms with van der Waals surface area (Å²) in [4.78, 5) is 0. The predicted molar refractivity (Wildman–Crippen MR) is 41.0 cm³/mol. The summed E-state index contributed by atoms with van der Waals surface area (Å²) in [5.74, 6) is 6.12. The molecular formula is C6H8BrN2O+. The van der Waals surface area contributed by atoms with Gasteiger partial charge in [-0.25, -0.2) is 5.84 Å². The summed E-state index contributed by atoms with van der Waals surface area (Å²) in [6, 6.07) is 3.65. The molecule has 0 aliphatic heterocycles. The van der Waals surface area contributed by atoms with Gasteiger partial charge in [0.15, 0.2) is 0 Å². The standard InChI is InChI=1S/C6H8BrN2O/c1-10-6-3-2-5(7)4-9(6)8/h2-4H,8H2,1H3/q+1. The van der Waals surface area contributed by atoms with E-state index in [0.717, 1.165) is 4.47 Å². The van der Waals surface area contributed by atoms with Crippen LogP contribution in [0.2, 0.25) is 0 Å². The minimum Gasteiger partial charge on any atom is -0.446 e. The monoisotopic (exact) mass is 203 g/mol. The van der Waals surface area contributed by atoms with E-state index in [1.54, 1.807) is 19.4 Å². The number of methoxy groups -OCH3 is 1. The normalized spacial score (nSPS) is 9.40. The van der Waals surface area contributed by atoms with Gasteiger partial charge in [0.2, 0.25) is 6.20 Å². The van der Waals surface area contributed by atoms with Crippen molar-refractivity contribution in [3.8, 4) is 5.88 Å². The summed E-state index contributed by atoms with van der Waals surface area (Å²) in [6.45, 7) is 0. The van der Waals surface area contributed by atoms with Crippen LogP contribution < -0.4 is 15.3 Å². The Morgan fingerprint density at radius 3 is 2.80 bits per heavy atom. The topological polar surface area (TPSA) is 39.1 Å². The lowest BCUT2D eigenvalue weighted by molar-refractivity contribution is -0.645. The number of nitrogens with two attached hydrogens (primary N) is 1. The predicted octanol–water partition coefficient (Wildman–Crippen LogP) is 0.459. The van der Waals surface area contributed by atoms with Gasteiger partial charge in [-0.05, 0) is 22.0 Å². The summed E-state index contributed by atoms with van der Waals surface area (Å²) in [5, 5.41) is 0. The van der Waals surface area contributed by atoms with Crippen molar-refractivity contribution in [1.82, 2.24) is 0 Å². The molecule has 0 unspecified atom stereocenters. The molecule has 3 nitrogen and oxygen atoms in total. The third-order valence-electron chi connectivity index (χ3n) is 1.11. The van der Waals surface area contributed by atoms with Gasteiger partial charge in [0.1, 0.15) is 0 Å². The van der Waals surface area contributed by atoms with Crippen molar-refractivity contribution >= 4 is 15.9 Å². The molecule has 1 aromatic heterocycles. The highest BCUT2D eigenvalue weighted by Gasteiger charge is 2.05. The Balaban J connectivity index is 3.07. The number of pyridine rings is 1. The molecule has 2 N–H and O–H groups in total. The minimum atomic E-state index is 0.628. The molecule has 1 heterocycles. The van der Waals surface area contributed by atoms with Crippen LogP contribution >= 0.6 is 15.9 Å². The van der Waals surface area contributed by atoms with Gasteiger partial charge >= 0.3 is 5.88 Å². The number of nitrogens with zero attached hydrogens (tertiary/aromatic N) is 1. The molecular weight excluding hydrogens is 196 g/mol. The number of hydrogen-bond donors (Lipinski definition) is 1. The first-order valence-corrected chi connectivity index (χ1v) is 3.53. The Hall–Kier alpha value is -0.770. The molecule has 0 radical (unpaired) electrons. The molecule has 0 saturated heterocycles. The molecule has 0 spiro atoms. The van der Waals surface area contributed by atoms with E-state index in [9.17, 15) is 0 Å². The Morgan fingerprint density at radius 2 is 2.30 bits per heavy atom. The van der Waals surface area contributed by atoms with E-state index in [-0.39, 0.29) is 0 Å². The maximum atomic E-state index is 5.49. The molecule has 10 heavy (non-hydrogen) atoms. The molecule has 1 rings (SSSR count). The molecule has 1 aromatic rings. The highest BCUT2D eigenvalue weighted by molar-refractivity contribution is 9.10. The van der Waals surface area contributed by atoms with Crippen LogP contribution in [0.15, 0.2) is 22.8 Å². The Bertz CT molecular complexity index is 239. The number of halogens is 1. The van der Waals surface area contributed by atoms with Gasteiger partial charge < -0.3 is 4.74 Å². The molecule has 0 fully saturated rings. The van der Waals surface area contributed by atoms with E-state index < -0.39 is 0 Å². The van der Waals surface area contributed by atoms with Crippen molar-refractivity contribution in [1.29, 1.82) is 0 Å². The molecule has 0 aliphatic carbocycles. The van der Waals surface area contributed by atoms with Gasteiger partial charge in [0.25, 0.3) is 0 Å². The first-order valence-electron chi connectivity index (χ1n) is 2.74. The molecule has 0 aromatic carbocycles. The number of nitrogen functional groups attached to an aromatic ring is 1. The summed E-state index contributed by atoms with van der Waals surface area (Å²) in [5.41, 5.74) is 0. The summed E-state index contributed by atoms with van der Waals surface area (Å²) >= 11 is 3.27. The summed E-state index contributed by atoms with van der Waals surface area (Å²) < 4.78 is 7.25. The van der Waals surface area contributed by atoms with Crippen molar-refractivity contribution in [2.45, 2.75) is 0 Å².